The van der Waals surface area contributed by atoms with E-state index < -0.39 is 10.0 Å². The van der Waals surface area contributed by atoms with Gasteiger partial charge in [0.25, 0.3) is 0 Å². The summed E-state index contributed by atoms with van der Waals surface area (Å²) in [7, 11) is -3.50. The van der Waals surface area contributed by atoms with E-state index in [4.69, 9.17) is 11.6 Å². The Morgan fingerprint density at radius 1 is 1.04 bits per heavy atom. The number of amides is 1. The molecule has 2 aromatic carbocycles. The highest BCUT2D eigenvalue weighted by atomic mass is 35.5. The average molecular weight is 437 g/mol. The molecule has 1 amide bonds. The lowest BCUT2D eigenvalue weighted by Crippen LogP contribution is -2.50. The Hall–Kier alpha value is -1.80. The lowest BCUT2D eigenvalue weighted by atomic mass is 10.2. The van der Waals surface area contributed by atoms with Crippen LogP contribution in [0.4, 0.5) is 0 Å². The van der Waals surface area contributed by atoms with Crippen molar-refractivity contribution in [3.63, 3.8) is 0 Å². The molecule has 148 valence electrons. The number of rotatable bonds is 6. The summed E-state index contributed by atoms with van der Waals surface area (Å²) in [5.74, 6) is 0.308. The van der Waals surface area contributed by atoms with Gasteiger partial charge in [0.2, 0.25) is 15.9 Å². The van der Waals surface area contributed by atoms with Crippen molar-refractivity contribution >= 4 is 45.4 Å². The van der Waals surface area contributed by atoms with E-state index in [-0.39, 0.29) is 5.91 Å². The first-order chi connectivity index (χ1) is 13.4. The van der Waals surface area contributed by atoms with Gasteiger partial charge in [-0.2, -0.15) is 4.31 Å². The van der Waals surface area contributed by atoms with Crippen molar-refractivity contribution in [2.24, 2.45) is 0 Å². The van der Waals surface area contributed by atoms with E-state index in [1.807, 2.05) is 48.5 Å². The third-order valence-corrected chi connectivity index (χ3v) is 7.12. The predicted molar refractivity (Wildman–Crippen MR) is 115 cm³/mol. The summed E-state index contributed by atoms with van der Waals surface area (Å²) in [4.78, 5) is 15.1. The smallest absolute Gasteiger partial charge is 0.236 e. The molecule has 5 nitrogen and oxygen atoms in total. The van der Waals surface area contributed by atoms with Gasteiger partial charge in [0.05, 0.1) is 5.75 Å². The van der Waals surface area contributed by atoms with E-state index in [1.165, 1.54) is 21.5 Å². The maximum atomic E-state index is 12.5. The van der Waals surface area contributed by atoms with Crippen LogP contribution in [-0.4, -0.2) is 55.5 Å². The second-order valence-corrected chi connectivity index (χ2v) is 9.59. The predicted octanol–water partition coefficient (Wildman–Crippen LogP) is 3.58. The SMILES string of the molecule is O=C(CSc1cccc(Cl)c1)N1CCN(S(=O)(=O)/C=C/c2ccccc2)CC1. The Kier molecular flexibility index (Phi) is 7.18. The van der Waals surface area contributed by atoms with Gasteiger partial charge in [-0.25, -0.2) is 8.42 Å². The van der Waals surface area contributed by atoms with Gasteiger partial charge in [-0.05, 0) is 29.8 Å². The molecule has 3 rings (SSSR count). The molecule has 0 aromatic heterocycles. The molecular formula is C20H21ClN2O3S2. The molecule has 1 heterocycles. The largest absolute Gasteiger partial charge is 0.339 e. The highest BCUT2D eigenvalue weighted by Crippen LogP contribution is 2.22. The van der Waals surface area contributed by atoms with Crippen LogP contribution in [0.25, 0.3) is 6.08 Å². The summed E-state index contributed by atoms with van der Waals surface area (Å²) in [6.45, 7) is 1.39. The molecule has 0 N–H and O–H groups in total. The maximum Gasteiger partial charge on any atom is 0.236 e. The Balaban J connectivity index is 1.50. The van der Waals surface area contributed by atoms with Crippen LogP contribution >= 0.6 is 23.4 Å². The zero-order valence-corrected chi connectivity index (χ0v) is 17.6. The Bertz CT molecular complexity index is 941. The van der Waals surface area contributed by atoms with Gasteiger partial charge in [-0.15, -0.1) is 11.8 Å². The Labute approximate surface area is 175 Å². The summed E-state index contributed by atoms with van der Waals surface area (Å²) in [5.41, 5.74) is 0.831. The van der Waals surface area contributed by atoms with E-state index in [9.17, 15) is 13.2 Å². The highest BCUT2D eigenvalue weighted by molar-refractivity contribution is 8.00. The molecule has 0 saturated carbocycles. The molecule has 1 saturated heterocycles. The molecule has 8 heteroatoms. The normalized spacial score (nSPS) is 15.8. The van der Waals surface area contributed by atoms with Gasteiger partial charge < -0.3 is 4.90 Å². The standard InChI is InChI=1S/C20H21ClN2O3S2/c21-18-7-4-8-19(15-18)27-16-20(24)22-10-12-23(13-11-22)28(25,26)14-9-17-5-2-1-3-6-17/h1-9,14-15H,10-13,16H2/b14-9+. The van der Waals surface area contributed by atoms with E-state index in [0.717, 1.165) is 10.5 Å². The second kappa shape index (κ2) is 9.60. The third kappa shape index (κ3) is 5.85. The highest BCUT2D eigenvalue weighted by Gasteiger charge is 2.27. The number of thioether (sulfide) groups is 1. The molecule has 0 atom stereocenters. The van der Waals surface area contributed by atoms with Crippen molar-refractivity contribution in [2.45, 2.75) is 4.90 Å². The molecular weight excluding hydrogens is 416 g/mol. The summed E-state index contributed by atoms with van der Waals surface area (Å²) in [5, 5.41) is 1.87. The summed E-state index contributed by atoms with van der Waals surface area (Å²) < 4.78 is 26.4. The fourth-order valence-electron chi connectivity index (χ4n) is 2.80. The number of hydrogen-bond acceptors (Lipinski definition) is 4. The van der Waals surface area contributed by atoms with Crippen LogP contribution in [-0.2, 0) is 14.8 Å². The minimum absolute atomic E-state index is 0.00171. The lowest BCUT2D eigenvalue weighted by Gasteiger charge is -2.33. The van der Waals surface area contributed by atoms with Crippen molar-refractivity contribution in [3.05, 3.63) is 70.6 Å². The topological polar surface area (TPSA) is 57.7 Å². The average Bonchev–Trinajstić information content (AvgIpc) is 2.71. The van der Waals surface area contributed by atoms with Gasteiger partial charge in [-0.1, -0.05) is 48.0 Å². The molecule has 1 aliphatic heterocycles. The van der Waals surface area contributed by atoms with E-state index in [0.29, 0.717) is 37.0 Å². The van der Waals surface area contributed by atoms with Crippen molar-refractivity contribution < 1.29 is 13.2 Å². The van der Waals surface area contributed by atoms with Crippen LogP contribution in [0, 0.1) is 0 Å². The van der Waals surface area contributed by atoms with E-state index in [1.54, 1.807) is 17.0 Å². The van der Waals surface area contributed by atoms with Crippen LogP contribution in [0.15, 0.2) is 64.9 Å². The van der Waals surface area contributed by atoms with Crippen LogP contribution < -0.4 is 0 Å². The number of carbonyl (C=O) groups is 1. The van der Waals surface area contributed by atoms with Gasteiger partial charge >= 0.3 is 0 Å². The Morgan fingerprint density at radius 3 is 2.43 bits per heavy atom. The zero-order valence-electron chi connectivity index (χ0n) is 15.2. The molecule has 0 unspecified atom stereocenters. The molecule has 28 heavy (non-hydrogen) atoms. The monoisotopic (exact) mass is 436 g/mol. The maximum absolute atomic E-state index is 12.5. The second-order valence-electron chi connectivity index (χ2n) is 6.28. The fraction of sp³-hybridized carbons (Fsp3) is 0.250. The molecule has 0 aliphatic carbocycles. The van der Waals surface area contributed by atoms with E-state index in [2.05, 4.69) is 0 Å². The van der Waals surface area contributed by atoms with Crippen molar-refractivity contribution in [3.8, 4) is 0 Å². The lowest BCUT2D eigenvalue weighted by molar-refractivity contribution is -0.129. The summed E-state index contributed by atoms with van der Waals surface area (Å²) in [6, 6.07) is 16.7. The molecule has 0 radical (unpaired) electrons. The summed E-state index contributed by atoms with van der Waals surface area (Å²) >= 11 is 7.39. The van der Waals surface area contributed by atoms with Crippen LogP contribution in [0.2, 0.25) is 5.02 Å². The number of benzene rings is 2. The molecule has 0 spiro atoms. The van der Waals surface area contributed by atoms with Crippen molar-refractivity contribution in [2.75, 3.05) is 31.9 Å². The fourth-order valence-corrected chi connectivity index (χ4v) is 5.09. The number of carbonyl (C=O) groups excluding carboxylic acids is 1. The number of piperazine rings is 1. The van der Waals surface area contributed by atoms with Crippen LogP contribution in [0.1, 0.15) is 5.56 Å². The van der Waals surface area contributed by atoms with Crippen molar-refractivity contribution in [1.29, 1.82) is 0 Å². The zero-order chi connectivity index (χ0) is 20.0. The summed E-state index contributed by atoms with van der Waals surface area (Å²) in [6.07, 6.45) is 1.59. The Morgan fingerprint density at radius 2 is 1.75 bits per heavy atom. The molecule has 1 fully saturated rings. The van der Waals surface area contributed by atoms with E-state index >= 15 is 0 Å². The number of hydrogen-bond donors (Lipinski definition) is 0. The minimum atomic E-state index is -3.50. The first-order valence-electron chi connectivity index (χ1n) is 8.83. The number of sulfonamides is 1. The van der Waals surface area contributed by atoms with Gasteiger partial charge in [0, 0.05) is 41.5 Å². The minimum Gasteiger partial charge on any atom is -0.339 e. The van der Waals surface area contributed by atoms with Gasteiger partial charge in [0.1, 0.15) is 0 Å². The van der Waals surface area contributed by atoms with Crippen LogP contribution in [0.3, 0.4) is 0 Å². The van der Waals surface area contributed by atoms with Crippen LogP contribution in [0.5, 0.6) is 0 Å². The first-order valence-corrected chi connectivity index (χ1v) is 11.7. The number of halogens is 1. The third-order valence-electron chi connectivity index (χ3n) is 4.34. The first kappa shape index (κ1) is 20.9. The van der Waals surface area contributed by atoms with Gasteiger partial charge in [-0.3, -0.25) is 4.79 Å². The molecule has 0 bridgehead atoms. The quantitative estimate of drug-likeness (QED) is 0.649. The van der Waals surface area contributed by atoms with Crippen molar-refractivity contribution in [1.82, 2.24) is 9.21 Å². The molecule has 2 aromatic rings. The van der Waals surface area contributed by atoms with Gasteiger partial charge in [0.15, 0.2) is 0 Å². The molecule has 1 aliphatic rings. The number of nitrogens with zero attached hydrogens (tertiary/aromatic N) is 2.